The van der Waals surface area contributed by atoms with E-state index < -0.39 is 5.76 Å². The molecule has 0 unspecified atom stereocenters. The second kappa shape index (κ2) is 5.46. The van der Waals surface area contributed by atoms with E-state index in [-0.39, 0.29) is 16.7 Å². The summed E-state index contributed by atoms with van der Waals surface area (Å²) >= 11 is 7.78. The molecule has 0 fully saturated rings. The molecule has 0 aliphatic rings. The maximum atomic E-state index is 12.3. The third kappa shape index (κ3) is 2.64. The van der Waals surface area contributed by atoms with Gasteiger partial charge in [-0.25, -0.2) is 4.79 Å². The first-order valence-electron chi connectivity index (χ1n) is 6.13. The number of aromatic nitrogens is 2. The summed E-state index contributed by atoms with van der Waals surface area (Å²) in [6, 6.07) is 7.27. The number of hydrogen-bond donors (Lipinski definition) is 1. The van der Waals surface area contributed by atoms with Crippen LogP contribution in [0.3, 0.4) is 0 Å². The van der Waals surface area contributed by atoms with Crippen LogP contribution in [0.2, 0.25) is 5.02 Å². The van der Waals surface area contributed by atoms with Gasteiger partial charge >= 0.3 is 5.76 Å². The third-order valence-corrected chi connectivity index (χ3v) is 4.24. The summed E-state index contributed by atoms with van der Waals surface area (Å²) in [6.07, 6.45) is 3.56. The Balaban J connectivity index is 2.08. The minimum atomic E-state index is -0.637. The largest absolute Gasteiger partial charge is 0.417 e. The molecule has 2 aromatic heterocycles. The zero-order valence-corrected chi connectivity index (χ0v) is 12.6. The van der Waals surface area contributed by atoms with Crippen molar-refractivity contribution in [2.24, 2.45) is 0 Å². The highest BCUT2D eigenvalue weighted by Crippen LogP contribution is 2.23. The number of hydrogen-bond acceptors (Lipinski definition) is 4. The van der Waals surface area contributed by atoms with Crippen LogP contribution in [0, 0.1) is 0 Å². The standard InChI is InChI=1S/C14H11ClN2O3S/c1-21-9-2-3-10(15)8(6-9)7-17-5-4-11-12(13(17)18)16-14(19)20-11/h2-6H,7H2,1H3,(H,16,19). The van der Waals surface area contributed by atoms with Crippen molar-refractivity contribution in [2.45, 2.75) is 11.4 Å². The first kappa shape index (κ1) is 14.0. The molecule has 0 saturated carbocycles. The van der Waals surface area contributed by atoms with Crippen molar-refractivity contribution in [1.29, 1.82) is 0 Å². The van der Waals surface area contributed by atoms with E-state index in [0.717, 1.165) is 10.5 Å². The molecule has 108 valence electrons. The lowest BCUT2D eigenvalue weighted by atomic mass is 10.2. The predicted molar refractivity (Wildman–Crippen MR) is 83.4 cm³/mol. The maximum absolute atomic E-state index is 12.3. The van der Waals surface area contributed by atoms with E-state index in [1.54, 1.807) is 24.0 Å². The van der Waals surface area contributed by atoms with Crippen molar-refractivity contribution < 1.29 is 4.42 Å². The minimum absolute atomic E-state index is 0.166. The van der Waals surface area contributed by atoms with Gasteiger partial charge in [-0.2, -0.15) is 0 Å². The number of thioether (sulfide) groups is 1. The average Bonchev–Trinajstić information content (AvgIpc) is 2.85. The number of benzene rings is 1. The van der Waals surface area contributed by atoms with E-state index in [0.29, 0.717) is 11.6 Å². The van der Waals surface area contributed by atoms with Crippen LogP contribution >= 0.6 is 23.4 Å². The van der Waals surface area contributed by atoms with Crippen LogP contribution in [0.4, 0.5) is 0 Å². The van der Waals surface area contributed by atoms with E-state index in [1.165, 1.54) is 4.57 Å². The molecule has 0 aliphatic carbocycles. The van der Waals surface area contributed by atoms with Crippen molar-refractivity contribution >= 4 is 34.5 Å². The number of H-pyrrole nitrogens is 1. The molecule has 0 bridgehead atoms. The van der Waals surface area contributed by atoms with Crippen LogP contribution in [0.5, 0.6) is 0 Å². The second-order valence-electron chi connectivity index (χ2n) is 4.46. The van der Waals surface area contributed by atoms with Gasteiger partial charge in [-0.1, -0.05) is 11.6 Å². The van der Waals surface area contributed by atoms with E-state index in [4.69, 9.17) is 16.0 Å². The molecule has 1 aromatic carbocycles. The fourth-order valence-corrected chi connectivity index (χ4v) is 2.73. The van der Waals surface area contributed by atoms with Crippen LogP contribution < -0.4 is 11.3 Å². The van der Waals surface area contributed by atoms with Gasteiger partial charge in [0.15, 0.2) is 11.1 Å². The molecule has 3 aromatic rings. The first-order chi connectivity index (χ1) is 10.1. The summed E-state index contributed by atoms with van der Waals surface area (Å²) in [5, 5.41) is 0.598. The van der Waals surface area contributed by atoms with E-state index in [9.17, 15) is 9.59 Å². The number of oxazole rings is 1. The molecule has 2 heterocycles. The molecule has 0 radical (unpaired) electrons. The molecule has 7 heteroatoms. The lowest BCUT2D eigenvalue weighted by Crippen LogP contribution is -2.20. The van der Waals surface area contributed by atoms with Gasteiger partial charge in [0.05, 0.1) is 6.54 Å². The van der Waals surface area contributed by atoms with Crippen molar-refractivity contribution in [3.8, 4) is 0 Å². The average molecular weight is 323 g/mol. The predicted octanol–water partition coefficient (Wildman–Crippen LogP) is 2.71. The summed E-state index contributed by atoms with van der Waals surface area (Å²) in [6.45, 7) is 0.329. The number of fused-ring (bicyclic) bond motifs is 1. The molecule has 0 atom stereocenters. The third-order valence-electron chi connectivity index (χ3n) is 3.15. The summed E-state index contributed by atoms with van der Waals surface area (Å²) in [5.41, 5.74) is 0.949. The Hall–Kier alpha value is -1.92. The quantitative estimate of drug-likeness (QED) is 0.753. The van der Waals surface area contributed by atoms with Crippen molar-refractivity contribution in [1.82, 2.24) is 9.55 Å². The Morgan fingerprint density at radius 3 is 2.90 bits per heavy atom. The molecule has 0 aliphatic heterocycles. The summed E-state index contributed by atoms with van der Waals surface area (Å²) in [4.78, 5) is 26.9. The monoisotopic (exact) mass is 322 g/mol. The Morgan fingerprint density at radius 2 is 2.14 bits per heavy atom. The van der Waals surface area contributed by atoms with Crippen molar-refractivity contribution in [2.75, 3.05) is 6.26 Å². The summed E-state index contributed by atoms with van der Waals surface area (Å²) < 4.78 is 6.35. The highest BCUT2D eigenvalue weighted by atomic mass is 35.5. The number of aromatic amines is 1. The molecule has 1 N–H and O–H groups in total. The first-order valence-corrected chi connectivity index (χ1v) is 7.73. The topological polar surface area (TPSA) is 68.0 Å². The lowest BCUT2D eigenvalue weighted by Gasteiger charge is -2.09. The molecule has 0 spiro atoms. The molecular formula is C14H11ClN2O3S. The maximum Gasteiger partial charge on any atom is 0.417 e. The smallest absolute Gasteiger partial charge is 0.408 e. The number of halogens is 1. The second-order valence-corrected chi connectivity index (χ2v) is 5.75. The van der Waals surface area contributed by atoms with Crippen LogP contribution in [-0.2, 0) is 6.54 Å². The number of pyridine rings is 1. The Kier molecular flexibility index (Phi) is 3.65. The fraction of sp³-hybridized carbons (Fsp3) is 0.143. The Labute approximate surface area is 128 Å². The highest BCUT2D eigenvalue weighted by molar-refractivity contribution is 7.98. The minimum Gasteiger partial charge on any atom is -0.408 e. The number of nitrogens with zero attached hydrogens (tertiary/aromatic N) is 1. The van der Waals surface area contributed by atoms with Crippen molar-refractivity contribution in [3.05, 3.63) is 62.0 Å². The van der Waals surface area contributed by atoms with Crippen LogP contribution in [0.1, 0.15) is 5.56 Å². The van der Waals surface area contributed by atoms with Gasteiger partial charge in [-0.3, -0.25) is 9.78 Å². The highest BCUT2D eigenvalue weighted by Gasteiger charge is 2.10. The van der Waals surface area contributed by atoms with Gasteiger partial charge in [0.2, 0.25) is 0 Å². The molecular weight excluding hydrogens is 312 g/mol. The molecule has 5 nitrogen and oxygen atoms in total. The lowest BCUT2D eigenvalue weighted by molar-refractivity contribution is 0.555. The molecule has 0 amide bonds. The van der Waals surface area contributed by atoms with Crippen LogP contribution in [-0.4, -0.2) is 15.8 Å². The van der Waals surface area contributed by atoms with E-state index in [1.807, 2.05) is 24.5 Å². The van der Waals surface area contributed by atoms with Crippen molar-refractivity contribution in [3.63, 3.8) is 0 Å². The van der Waals surface area contributed by atoms with Gasteiger partial charge in [0.25, 0.3) is 5.56 Å². The number of rotatable bonds is 3. The van der Waals surface area contributed by atoms with Gasteiger partial charge in [-0.05, 0) is 36.1 Å². The van der Waals surface area contributed by atoms with Gasteiger partial charge in [-0.15, -0.1) is 11.8 Å². The van der Waals surface area contributed by atoms with Crippen LogP contribution in [0.25, 0.3) is 11.1 Å². The summed E-state index contributed by atoms with van der Waals surface area (Å²) in [5.74, 6) is -0.637. The normalized spacial score (nSPS) is 11.1. The Morgan fingerprint density at radius 1 is 1.33 bits per heavy atom. The molecule has 21 heavy (non-hydrogen) atoms. The van der Waals surface area contributed by atoms with Crippen LogP contribution in [0.15, 0.2) is 49.4 Å². The molecule has 3 rings (SSSR count). The Bertz CT molecular complexity index is 926. The zero-order valence-electron chi connectivity index (χ0n) is 11.1. The fourth-order valence-electron chi connectivity index (χ4n) is 2.09. The zero-order chi connectivity index (χ0) is 15.0. The van der Waals surface area contributed by atoms with Gasteiger partial charge in [0, 0.05) is 16.1 Å². The summed E-state index contributed by atoms with van der Waals surface area (Å²) in [7, 11) is 0. The van der Waals surface area contributed by atoms with E-state index in [2.05, 4.69) is 4.98 Å². The van der Waals surface area contributed by atoms with Gasteiger partial charge in [0.1, 0.15) is 0 Å². The van der Waals surface area contributed by atoms with Gasteiger partial charge < -0.3 is 8.98 Å². The number of nitrogens with one attached hydrogen (secondary N) is 1. The SMILES string of the molecule is CSc1ccc(Cl)c(Cn2ccc3oc(=O)[nH]c3c2=O)c1. The molecule has 0 saturated heterocycles. The van der Waals surface area contributed by atoms with E-state index >= 15 is 0 Å².